The maximum Gasteiger partial charge on any atom is 0.330 e. The Hall–Kier alpha value is -4.08. The van der Waals surface area contributed by atoms with Crippen LogP contribution in [0, 0.1) is 18.6 Å². The number of rotatable bonds is 7. The van der Waals surface area contributed by atoms with Gasteiger partial charge in [0.05, 0.1) is 12.2 Å². The standard InChI is InChI=1S/C25H25F2N3O5/c1-5-35-24(33)19(28-22(31)21-17(26)7-6-8-18(21)27)13-15-9-11-16(12-10-15)20-14(2)29(3)25(34)30(4)23(20)32/h6-12,19H,5,13H2,1-4H3,(H,28,31)/t19-/m0/s1. The zero-order valence-corrected chi connectivity index (χ0v) is 19.7. The van der Waals surface area contributed by atoms with Gasteiger partial charge in [0.25, 0.3) is 11.5 Å². The van der Waals surface area contributed by atoms with Gasteiger partial charge in [-0.05, 0) is 37.1 Å². The molecule has 0 saturated heterocycles. The molecule has 2 aromatic carbocycles. The monoisotopic (exact) mass is 485 g/mol. The minimum Gasteiger partial charge on any atom is -0.464 e. The second-order valence-electron chi connectivity index (χ2n) is 7.94. The van der Waals surface area contributed by atoms with Crippen molar-refractivity contribution in [3.05, 3.63) is 91.8 Å². The van der Waals surface area contributed by atoms with E-state index in [2.05, 4.69) is 5.32 Å². The summed E-state index contributed by atoms with van der Waals surface area (Å²) in [4.78, 5) is 49.8. The van der Waals surface area contributed by atoms with Gasteiger partial charge in [0.2, 0.25) is 0 Å². The average molecular weight is 485 g/mol. The van der Waals surface area contributed by atoms with E-state index in [0.717, 1.165) is 22.8 Å². The van der Waals surface area contributed by atoms with Crippen molar-refractivity contribution < 1.29 is 23.1 Å². The van der Waals surface area contributed by atoms with Crippen molar-refractivity contribution in [2.45, 2.75) is 26.3 Å². The van der Waals surface area contributed by atoms with Crippen LogP contribution in [0.25, 0.3) is 11.1 Å². The minimum atomic E-state index is -1.21. The van der Waals surface area contributed by atoms with E-state index in [1.807, 2.05) is 0 Å². The van der Waals surface area contributed by atoms with Crippen molar-refractivity contribution in [3.8, 4) is 11.1 Å². The molecule has 0 saturated carbocycles. The summed E-state index contributed by atoms with van der Waals surface area (Å²) in [7, 11) is 2.97. The van der Waals surface area contributed by atoms with E-state index >= 15 is 0 Å². The molecule has 0 spiro atoms. The van der Waals surface area contributed by atoms with E-state index in [1.54, 1.807) is 45.2 Å². The molecule has 3 aromatic rings. The first-order valence-electron chi connectivity index (χ1n) is 10.8. The van der Waals surface area contributed by atoms with E-state index in [-0.39, 0.29) is 13.0 Å². The Morgan fingerprint density at radius 3 is 2.17 bits per heavy atom. The number of ether oxygens (including phenoxy) is 1. The van der Waals surface area contributed by atoms with E-state index in [1.165, 1.54) is 11.6 Å². The predicted molar refractivity (Wildman–Crippen MR) is 125 cm³/mol. The molecule has 184 valence electrons. The van der Waals surface area contributed by atoms with Crippen molar-refractivity contribution in [1.29, 1.82) is 0 Å². The number of nitrogens with zero attached hydrogens (tertiary/aromatic N) is 2. The molecule has 35 heavy (non-hydrogen) atoms. The highest BCUT2D eigenvalue weighted by Gasteiger charge is 2.26. The van der Waals surface area contributed by atoms with Gasteiger partial charge in [-0.3, -0.25) is 14.2 Å². The van der Waals surface area contributed by atoms with Crippen LogP contribution in [0.5, 0.6) is 0 Å². The number of nitrogens with one attached hydrogen (secondary N) is 1. The molecule has 0 fully saturated rings. The summed E-state index contributed by atoms with van der Waals surface area (Å²) in [5.74, 6) is -3.95. The second-order valence-corrected chi connectivity index (χ2v) is 7.94. The molecule has 3 rings (SSSR count). The maximum absolute atomic E-state index is 14.0. The Morgan fingerprint density at radius 1 is 1.00 bits per heavy atom. The van der Waals surface area contributed by atoms with Crippen LogP contribution in [0.4, 0.5) is 8.78 Å². The lowest BCUT2D eigenvalue weighted by Gasteiger charge is -2.18. The van der Waals surface area contributed by atoms with Gasteiger partial charge in [-0.15, -0.1) is 0 Å². The molecule has 0 aliphatic heterocycles. The number of aromatic nitrogens is 2. The second kappa shape index (κ2) is 10.5. The maximum atomic E-state index is 14.0. The first kappa shape index (κ1) is 25.5. The van der Waals surface area contributed by atoms with Gasteiger partial charge in [0.1, 0.15) is 23.2 Å². The van der Waals surface area contributed by atoms with Gasteiger partial charge in [0, 0.05) is 26.2 Å². The van der Waals surface area contributed by atoms with Gasteiger partial charge in [-0.25, -0.2) is 18.4 Å². The lowest BCUT2D eigenvalue weighted by atomic mass is 10.00. The molecule has 1 aromatic heterocycles. The third-order valence-corrected chi connectivity index (χ3v) is 5.71. The van der Waals surface area contributed by atoms with Gasteiger partial charge in [-0.1, -0.05) is 30.3 Å². The predicted octanol–water partition coefficient (Wildman–Crippen LogP) is 2.24. The van der Waals surface area contributed by atoms with Crippen molar-refractivity contribution >= 4 is 11.9 Å². The van der Waals surface area contributed by atoms with Gasteiger partial charge in [0.15, 0.2) is 0 Å². The van der Waals surface area contributed by atoms with Crippen LogP contribution < -0.4 is 16.6 Å². The van der Waals surface area contributed by atoms with Crippen LogP contribution in [0.1, 0.15) is 28.5 Å². The highest BCUT2D eigenvalue weighted by molar-refractivity contribution is 5.97. The van der Waals surface area contributed by atoms with Crippen LogP contribution in [0.2, 0.25) is 0 Å². The molecular formula is C25H25F2N3O5. The molecule has 8 nitrogen and oxygen atoms in total. The number of carbonyl (C=O) groups excluding carboxylic acids is 2. The van der Waals surface area contributed by atoms with E-state index in [0.29, 0.717) is 22.4 Å². The number of amides is 1. The summed E-state index contributed by atoms with van der Waals surface area (Å²) in [6.07, 6.45) is -0.0226. The average Bonchev–Trinajstić information content (AvgIpc) is 2.82. The Morgan fingerprint density at radius 2 is 1.60 bits per heavy atom. The number of benzene rings is 2. The molecular weight excluding hydrogens is 460 g/mol. The lowest BCUT2D eigenvalue weighted by molar-refractivity contribution is -0.145. The summed E-state index contributed by atoms with van der Waals surface area (Å²) in [6.45, 7) is 3.31. The summed E-state index contributed by atoms with van der Waals surface area (Å²) in [6, 6.07) is 8.44. The number of carbonyl (C=O) groups is 2. The van der Waals surface area contributed by atoms with Crippen molar-refractivity contribution in [3.63, 3.8) is 0 Å². The van der Waals surface area contributed by atoms with Gasteiger partial charge < -0.3 is 14.6 Å². The topological polar surface area (TPSA) is 99.4 Å². The molecule has 0 aliphatic carbocycles. The number of hydrogen-bond donors (Lipinski definition) is 1. The third-order valence-electron chi connectivity index (χ3n) is 5.71. The molecule has 1 N–H and O–H groups in total. The molecule has 10 heteroatoms. The van der Waals surface area contributed by atoms with Crippen LogP contribution in [0.3, 0.4) is 0 Å². The van der Waals surface area contributed by atoms with Crippen LogP contribution in [-0.2, 0) is 30.0 Å². The largest absolute Gasteiger partial charge is 0.464 e. The van der Waals surface area contributed by atoms with Crippen molar-refractivity contribution in [2.24, 2.45) is 14.1 Å². The van der Waals surface area contributed by atoms with E-state index in [4.69, 9.17) is 4.74 Å². The fourth-order valence-electron chi connectivity index (χ4n) is 3.70. The zero-order valence-electron chi connectivity index (χ0n) is 19.7. The Kier molecular flexibility index (Phi) is 7.63. The fourth-order valence-corrected chi connectivity index (χ4v) is 3.70. The number of halogens is 2. The number of esters is 1. The minimum absolute atomic E-state index is 0.0226. The highest BCUT2D eigenvalue weighted by atomic mass is 19.1. The molecule has 1 heterocycles. The normalized spacial score (nSPS) is 11.7. The summed E-state index contributed by atoms with van der Waals surface area (Å²) in [5, 5.41) is 2.35. The first-order chi connectivity index (χ1) is 16.6. The van der Waals surface area contributed by atoms with Gasteiger partial charge in [-0.2, -0.15) is 0 Å². The Labute approximate surface area is 199 Å². The molecule has 0 bridgehead atoms. The van der Waals surface area contributed by atoms with E-state index < -0.39 is 46.4 Å². The fraction of sp³-hybridized carbons (Fsp3) is 0.280. The summed E-state index contributed by atoms with van der Waals surface area (Å²) < 4.78 is 35.4. The Balaban J connectivity index is 1.90. The van der Waals surface area contributed by atoms with Crippen LogP contribution in [0.15, 0.2) is 52.1 Å². The third kappa shape index (κ3) is 5.21. The highest BCUT2D eigenvalue weighted by Crippen LogP contribution is 2.20. The summed E-state index contributed by atoms with van der Waals surface area (Å²) in [5.41, 5.74) is 0.334. The summed E-state index contributed by atoms with van der Waals surface area (Å²) >= 11 is 0. The molecule has 0 unspecified atom stereocenters. The van der Waals surface area contributed by atoms with Crippen LogP contribution in [-0.4, -0.2) is 33.7 Å². The Bertz CT molecular complexity index is 1370. The molecule has 1 amide bonds. The zero-order chi connectivity index (χ0) is 25.9. The quantitative estimate of drug-likeness (QED) is 0.518. The van der Waals surface area contributed by atoms with Crippen molar-refractivity contribution in [2.75, 3.05) is 6.61 Å². The first-order valence-corrected chi connectivity index (χ1v) is 10.8. The molecule has 0 aliphatic rings. The molecule has 1 atom stereocenters. The van der Waals surface area contributed by atoms with E-state index in [9.17, 15) is 28.0 Å². The number of hydrogen-bond acceptors (Lipinski definition) is 5. The van der Waals surface area contributed by atoms with Crippen LogP contribution >= 0.6 is 0 Å². The SMILES string of the molecule is CCOC(=O)[C@H](Cc1ccc(-c2c(C)n(C)c(=O)n(C)c2=O)cc1)NC(=O)c1c(F)cccc1F. The van der Waals surface area contributed by atoms with Gasteiger partial charge >= 0.3 is 11.7 Å². The lowest BCUT2D eigenvalue weighted by Crippen LogP contribution is -2.44. The van der Waals surface area contributed by atoms with Crippen molar-refractivity contribution in [1.82, 2.24) is 14.5 Å². The smallest absolute Gasteiger partial charge is 0.330 e. The molecule has 0 radical (unpaired) electrons.